The minimum absolute atomic E-state index is 0.0181. The molecule has 14 heavy (non-hydrogen) atoms. The summed E-state index contributed by atoms with van der Waals surface area (Å²) in [6.07, 6.45) is 0. The van der Waals surface area contributed by atoms with E-state index < -0.39 is 0 Å². The van der Waals surface area contributed by atoms with Gasteiger partial charge in [0.1, 0.15) is 5.69 Å². The third kappa shape index (κ3) is 1.69. The summed E-state index contributed by atoms with van der Waals surface area (Å²) in [5.74, 6) is -0.127. The monoisotopic (exact) mass is 200 g/mol. The van der Waals surface area contributed by atoms with E-state index in [0.29, 0.717) is 0 Å². The normalized spacial score (nSPS) is 10.1. The molecular formula is C6H12N6O2. The third-order valence-corrected chi connectivity index (χ3v) is 1.62. The van der Waals surface area contributed by atoms with E-state index in [1.807, 2.05) is 0 Å². The van der Waals surface area contributed by atoms with Gasteiger partial charge in [0.05, 0.1) is 6.61 Å². The van der Waals surface area contributed by atoms with Gasteiger partial charge in [-0.25, -0.2) is 0 Å². The Kier molecular flexibility index (Phi) is 2.77. The summed E-state index contributed by atoms with van der Waals surface area (Å²) >= 11 is 0. The molecule has 0 saturated carbocycles. The zero-order chi connectivity index (χ0) is 10.7. The molecular weight excluding hydrogens is 188 g/mol. The molecule has 1 aromatic heterocycles. The molecule has 1 heterocycles. The Hall–Kier alpha value is -1.96. The minimum Gasteiger partial charge on any atom is -0.691 e. The van der Waals surface area contributed by atoms with E-state index in [2.05, 4.69) is 10.4 Å². The summed E-state index contributed by atoms with van der Waals surface area (Å²) in [5.41, 5.74) is 16.3. The van der Waals surface area contributed by atoms with Crippen LogP contribution in [-0.4, -0.2) is 23.4 Å². The lowest BCUT2D eigenvalue weighted by Crippen LogP contribution is -2.37. The molecule has 0 aliphatic rings. The van der Waals surface area contributed by atoms with E-state index in [4.69, 9.17) is 22.3 Å². The summed E-state index contributed by atoms with van der Waals surface area (Å²) in [7, 11) is 0. The first-order valence-corrected chi connectivity index (χ1v) is 3.87. The smallest absolute Gasteiger partial charge is 0.322 e. The zero-order valence-corrected chi connectivity index (χ0v) is 7.40. The molecule has 8 N–H and O–H groups in total. The summed E-state index contributed by atoms with van der Waals surface area (Å²) in [4.78, 5) is 0.172. The topological polar surface area (TPSA) is 150 Å². The summed E-state index contributed by atoms with van der Waals surface area (Å²) in [6, 6.07) is 0. The van der Waals surface area contributed by atoms with Gasteiger partial charge in [-0.05, 0) is 0 Å². The molecule has 1 rings (SSSR count). The van der Waals surface area contributed by atoms with Gasteiger partial charge in [-0.2, -0.15) is 0 Å². The average molecular weight is 200 g/mol. The molecule has 0 unspecified atom stereocenters. The average Bonchev–Trinajstić information content (AvgIpc) is 2.18. The summed E-state index contributed by atoms with van der Waals surface area (Å²) in [5, 5.41) is 25.7. The number of hydrogen-bond donors (Lipinski definition) is 5. The highest BCUT2D eigenvalue weighted by Gasteiger charge is 2.14. The van der Waals surface area contributed by atoms with E-state index >= 15 is 0 Å². The molecule has 8 nitrogen and oxygen atoms in total. The predicted molar refractivity (Wildman–Crippen MR) is 52.0 cm³/mol. The Morgan fingerprint density at radius 1 is 1.36 bits per heavy atom. The van der Waals surface area contributed by atoms with Crippen molar-refractivity contribution >= 4 is 23.0 Å². The standard InChI is InChI=1S/C6H12N6O2/c7-3-4(8)6(10-1-2-13)11-12(14)5(3)9/h13H,1-2,7-9H2,(H,10,11). The highest BCUT2D eigenvalue weighted by atomic mass is 16.5. The largest absolute Gasteiger partial charge is 0.691 e. The number of aliphatic hydroxyl groups is 1. The molecule has 1 aromatic rings. The van der Waals surface area contributed by atoms with Gasteiger partial charge in [0.2, 0.25) is 0 Å². The van der Waals surface area contributed by atoms with Crippen LogP contribution in [0.15, 0.2) is 0 Å². The Morgan fingerprint density at radius 3 is 2.57 bits per heavy atom. The van der Waals surface area contributed by atoms with Crippen molar-refractivity contribution in [3.05, 3.63) is 5.21 Å². The molecule has 78 valence electrons. The van der Waals surface area contributed by atoms with E-state index in [1.54, 1.807) is 0 Å². The van der Waals surface area contributed by atoms with Gasteiger partial charge in [-0.15, -0.1) is 4.85 Å². The molecule has 0 aromatic carbocycles. The number of rotatable bonds is 3. The maximum absolute atomic E-state index is 11.0. The second kappa shape index (κ2) is 3.83. The second-order valence-corrected chi connectivity index (χ2v) is 2.58. The van der Waals surface area contributed by atoms with Gasteiger partial charge in [0.15, 0.2) is 11.5 Å². The first-order chi connectivity index (χ1) is 6.57. The van der Waals surface area contributed by atoms with Crippen LogP contribution >= 0.6 is 0 Å². The lowest BCUT2D eigenvalue weighted by molar-refractivity contribution is -0.652. The highest BCUT2D eigenvalue weighted by Crippen LogP contribution is 2.24. The molecule has 0 amide bonds. The first-order valence-electron chi connectivity index (χ1n) is 3.87. The van der Waals surface area contributed by atoms with Crippen LogP contribution in [-0.2, 0) is 0 Å². The Balaban J connectivity index is 3.06. The fraction of sp³-hybridized carbons (Fsp3) is 0.333. The number of nitrogen functional groups attached to an aromatic ring is 3. The van der Waals surface area contributed by atoms with E-state index in [-0.39, 0.29) is 41.0 Å². The lowest BCUT2D eigenvalue weighted by Gasteiger charge is -2.11. The highest BCUT2D eigenvalue weighted by molar-refractivity contribution is 5.80. The molecule has 0 aliphatic carbocycles. The van der Waals surface area contributed by atoms with Gasteiger partial charge < -0.3 is 27.1 Å². The molecule has 0 bridgehead atoms. The van der Waals surface area contributed by atoms with Crippen molar-refractivity contribution in [1.29, 1.82) is 0 Å². The number of aromatic nitrogens is 2. The van der Waals surface area contributed by atoms with E-state index in [1.165, 1.54) is 0 Å². The lowest BCUT2D eigenvalue weighted by atomic mass is 10.3. The van der Waals surface area contributed by atoms with Crippen LogP contribution in [0.3, 0.4) is 0 Å². The van der Waals surface area contributed by atoms with Crippen molar-refractivity contribution in [3.8, 4) is 0 Å². The van der Waals surface area contributed by atoms with Crippen LogP contribution < -0.4 is 27.4 Å². The van der Waals surface area contributed by atoms with Crippen LogP contribution in [0.2, 0.25) is 0 Å². The minimum atomic E-state index is -0.239. The van der Waals surface area contributed by atoms with E-state index in [9.17, 15) is 5.21 Å². The Morgan fingerprint density at radius 2 is 2.00 bits per heavy atom. The maximum Gasteiger partial charge on any atom is 0.322 e. The van der Waals surface area contributed by atoms with Crippen molar-refractivity contribution in [1.82, 2.24) is 5.10 Å². The Bertz CT molecular complexity index is 342. The third-order valence-electron chi connectivity index (χ3n) is 1.62. The van der Waals surface area contributed by atoms with Crippen LogP contribution in [0.5, 0.6) is 0 Å². The fourth-order valence-electron chi connectivity index (χ4n) is 0.872. The summed E-state index contributed by atoms with van der Waals surface area (Å²) in [6.45, 7) is 0.116. The first kappa shape index (κ1) is 10.1. The second-order valence-electron chi connectivity index (χ2n) is 2.58. The van der Waals surface area contributed by atoms with Gasteiger partial charge >= 0.3 is 5.82 Å². The van der Waals surface area contributed by atoms with Crippen LogP contribution in [0, 0.1) is 5.21 Å². The number of hydrogen-bond acceptors (Lipinski definition) is 7. The van der Waals surface area contributed by atoms with Crippen molar-refractivity contribution in [2.45, 2.75) is 0 Å². The van der Waals surface area contributed by atoms with Crippen molar-refractivity contribution in [3.63, 3.8) is 0 Å². The molecule has 0 aliphatic heterocycles. The molecule has 0 saturated heterocycles. The van der Waals surface area contributed by atoms with Gasteiger partial charge in [-0.1, -0.05) is 5.10 Å². The number of anilines is 4. The van der Waals surface area contributed by atoms with Crippen LogP contribution in [0.25, 0.3) is 0 Å². The number of nitrogens with zero attached hydrogens (tertiary/aromatic N) is 2. The predicted octanol–water partition coefficient (Wildman–Crippen LogP) is -2.13. The van der Waals surface area contributed by atoms with Crippen molar-refractivity contribution in [2.24, 2.45) is 0 Å². The molecule has 8 heteroatoms. The van der Waals surface area contributed by atoms with Gasteiger partial charge in [0.25, 0.3) is 0 Å². The molecule has 0 atom stereocenters. The zero-order valence-electron chi connectivity index (χ0n) is 7.40. The van der Waals surface area contributed by atoms with Gasteiger partial charge in [-0.3, -0.25) is 5.73 Å². The molecule has 0 radical (unpaired) electrons. The number of nitrogens with one attached hydrogen (secondary N) is 1. The number of nitrogens with two attached hydrogens (primary N) is 3. The van der Waals surface area contributed by atoms with E-state index in [0.717, 1.165) is 0 Å². The fourth-order valence-corrected chi connectivity index (χ4v) is 0.872. The quantitative estimate of drug-likeness (QED) is 0.276. The van der Waals surface area contributed by atoms with Crippen molar-refractivity contribution < 1.29 is 9.95 Å². The van der Waals surface area contributed by atoms with Gasteiger partial charge in [0, 0.05) is 6.54 Å². The summed E-state index contributed by atoms with van der Waals surface area (Å²) < 4.78 is 0. The maximum atomic E-state index is 11.0. The number of aliphatic hydroxyl groups excluding tert-OH is 1. The SMILES string of the molecule is Nc1c(NCCO)n[n+]([O-])c(N)c1N. The molecule has 0 spiro atoms. The molecule has 0 fully saturated rings. The van der Waals surface area contributed by atoms with Crippen LogP contribution in [0.4, 0.5) is 23.0 Å². The van der Waals surface area contributed by atoms with Crippen molar-refractivity contribution in [2.75, 3.05) is 35.7 Å². The van der Waals surface area contributed by atoms with Crippen LogP contribution in [0.1, 0.15) is 0 Å². The Labute approximate surface area is 79.9 Å².